The van der Waals surface area contributed by atoms with Gasteiger partial charge in [0.25, 0.3) is 15.9 Å². The van der Waals surface area contributed by atoms with Crippen molar-refractivity contribution < 1.29 is 32.5 Å². The van der Waals surface area contributed by atoms with E-state index in [0.29, 0.717) is 49.0 Å². The standard InChI is InChI=1S/C21H24N2O7S/c24-20(22-13-21(25)8-11-28-14-21)15-2-4-16(5-3-15)23-31(26,27)17-6-7-18-19(12-17)30-10-1-9-29-18/h2-7,12,23,25H,1,8-11,13-14H2,(H,22,24)/t21-/m1/s1. The highest BCUT2D eigenvalue weighted by atomic mass is 32.2. The lowest BCUT2D eigenvalue weighted by Crippen LogP contribution is -2.43. The van der Waals surface area contributed by atoms with E-state index in [-0.39, 0.29) is 24.0 Å². The minimum atomic E-state index is -3.85. The molecule has 0 aromatic heterocycles. The Morgan fingerprint density at radius 1 is 1.03 bits per heavy atom. The maximum Gasteiger partial charge on any atom is 0.262 e. The molecule has 2 aliphatic rings. The fourth-order valence-corrected chi connectivity index (χ4v) is 4.37. The third kappa shape index (κ3) is 5.09. The van der Waals surface area contributed by atoms with Gasteiger partial charge in [0.1, 0.15) is 5.60 Å². The smallest absolute Gasteiger partial charge is 0.262 e. The number of benzene rings is 2. The summed E-state index contributed by atoms with van der Waals surface area (Å²) in [5.41, 5.74) is -0.388. The van der Waals surface area contributed by atoms with Crippen LogP contribution in [0, 0.1) is 0 Å². The van der Waals surface area contributed by atoms with Crippen LogP contribution in [0.4, 0.5) is 5.69 Å². The van der Waals surface area contributed by atoms with E-state index in [1.54, 1.807) is 6.07 Å². The van der Waals surface area contributed by atoms with Crippen molar-refractivity contribution in [2.24, 2.45) is 0 Å². The molecule has 0 saturated carbocycles. The van der Waals surface area contributed by atoms with Gasteiger partial charge in [-0.2, -0.15) is 0 Å². The quantitative estimate of drug-likeness (QED) is 0.612. The third-order valence-electron chi connectivity index (χ3n) is 5.09. The van der Waals surface area contributed by atoms with Gasteiger partial charge >= 0.3 is 0 Å². The molecule has 166 valence electrons. The van der Waals surface area contributed by atoms with Crippen molar-refractivity contribution in [3.63, 3.8) is 0 Å². The van der Waals surface area contributed by atoms with Gasteiger partial charge in [-0.25, -0.2) is 8.42 Å². The lowest BCUT2D eigenvalue weighted by Gasteiger charge is -2.20. The molecule has 0 bridgehead atoms. The van der Waals surface area contributed by atoms with E-state index in [4.69, 9.17) is 14.2 Å². The fourth-order valence-electron chi connectivity index (χ4n) is 3.30. The third-order valence-corrected chi connectivity index (χ3v) is 6.47. The Labute approximate surface area is 180 Å². The summed E-state index contributed by atoms with van der Waals surface area (Å²) in [5.74, 6) is 0.542. The molecule has 10 heteroatoms. The van der Waals surface area contributed by atoms with Gasteiger partial charge in [0.05, 0.1) is 24.7 Å². The van der Waals surface area contributed by atoms with Crippen molar-refractivity contribution in [2.75, 3.05) is 37.7 Å². The molecule has 31 heavy (non-hydrogen) atoms. The first kappa shape index (κ1) is 21.4. The van der Waals surface area contributed by atoms with Crippen LogP contribution in [0.25, 0.3) is 0 Å². The zero-order chi connectivity index (χ0) is 21.9. The van der Waals surface area contributed by atoms with E-state index < -0.39 is 15.6 Å². The normalized spacial score (nSPS) is 20.7. The molecular weight excluding hydrogens is 424 g/mol. The summed E-state index contributed by atoms with van der Waals surface area (Å²) in [4.78, 5) is 12.3. The number of amides is 1. The summed E-state index contributed by atoms with van der Waals surface area (Å²) in [7, 11) is -3.85. The molecule has 1 atom stereocenters. The zero-order valence-electron chi connectivity index (χ0n) is 16.8. The van der Waals surface area contributed by atoms with E-state index >= 15 is 0 Å². The van der Waals surface area contributed by atoms with Gasteiger partial charge in [0.2, 0.25) is 0 Å². The number of fused-ring (bicyclic) bond motifs is 1. The number of ether oxygens (including phenoxy) is 3. The van der Waals surface area contributed by atoms with Crippen molar-refractivity contribution in [3.05, 3.63) is 48.0 Å². The number of sulfonamides is 1. The van der Waals surface area contributed by atoms with E-state index in [2.05, 4.69) is 10.0 Å². The number of hydrogen-bond acceptors (Lipinski definition) is 7. The monoisotopic (exact) mass is 448 g/mol. The van der Waals surface area contributed by atoms with Gasteiger partial charge in [-0.3, -0.25) is 9.52 Å². The van der Waals surface area contributed by atoms with Crippen LogP contribution in [0.2, 0.25) is 0 Å². The molecule has 0 unspecified atom stereocenters. The van der Waals surface area contributed by atoms with Crippen LogP contribution in [-0.4, -0.2) is 58.0 Å². The maximum absolute atomic E-state index is 12.8. The van der Waals surface area contributed by atoms with Crippen LogP contribution < -0.4 is 19.5 Å². The Bertz CT molecular complexity index is 1050. The molecule has 0 spiro atoms. The Hall–Kier alpha value is -2.82. The predicted molar refractivity (Wildman–Crippen MR) is 112 cm³/mol. The molecule has 1 fully saturated rings. The highest BCUT2D eigenvalue weighted by Crippen LogP contribution is 2.32. The number of carbonyl (C=O) groups excluding carboxylic acids is 1. The summed E-state index contributed by atoms with van der Waals surface area (Å²) in [6.45, 7) is 1.71. The van der Waals surface area contributed by atoms with Gasteiger partial charge in [-0.15, -0.1) is 0 Å². The number of anilines is 1. The Balaban J connectivity index is 1.41. The molecule has 1 amide bonds. The molecule has 0 aliphatic carbocycles. The first-order valence-electron chi connectivity index (χ1n) is 9.96. The highest BCUT2D eigenvalue weighted by molar-refractivity contribution is 7.92. The van der Waals surface area contributed by atoms with Crippen molar-refractivity contribution in [3.8, 4) is 11.5 Å². The Morgan fingerprint density at radius 3 is 2.48 bits per heavy atom. The van der Waals surface area contributed by atoms with Crippen LogP contribution in [0.1, 0.15) is 23.2 Å². The first-order valence-corrected chi connectivity index (χ1v) is 11.4. The lowest BCUT2D eigenvalue weighted by molar-refractivity contribution is 0.0264. The van der Waals surface area contributed by atoms with Gasteiger partial charge in [0, 0.05) is 43.3 Å². The fraction of sp³-hybridized carbons (Fsp3) is 0.381. The molecule has 9 nitrogen and oxygen atoms in total. The number of nitrogens with one attached hydrogen (secondary N) is 2. The van der Waals surface area contributed by atoms with Crippen molar-refractivity contribution in [1.82, 2.24) is 5.32 Å². The van der Waals surface area contributed by atoms with E-state index in [0.717, 1.165) is 6.42 Å². The number of aliphatic hydroxyl groups is 1. The number of rotatable bonds is 6. The molecule has 1 saturated heterocycles. The van der Waals surface area contributed by atoms with E-state index in [1.807, 2.05) is 0 Å². The van der Waals surface area contributed by atoms with Crippen LogP contribution >= 0.6 is 0 Å². The predicted octanol–water partition coefficient (Wildman–Crippen LogP) is 1.53. The van der Waals surface area contributed by atoms with E-state index in [9.17, 15) is 18.3 Å². The van der Waals surface area contributed by atoms with Gasteiger partial charge < -0.3 is 24.6 Å². The minimum absolute atomic E-state index is 0.0468. The Kier molecular flexibility index (Phi) is 6.03. The van der Waals surface area contributed by atoms with Crippen molar-refractivity contribution >= 4 is 21.6 Å². The maximum atomic E-state index is 12.8. The van der Waals surface area contributed by atoms with Gasteiger partial charge in [0.15, 0.2) is 11.5 Å². The van der Waals surface area contributed by atoms with E-state index in [1.165, 1.54) is 36.4 Å². The van der Waals surface area contributed by atoms with Crippen LogP contribution in [0.3, 0.4) is 0 Å². The molecule has 2 heterocycles. The molecular formula is C21H24N2O7S. The summed E-state index contributed by atoms with van der Waals surface area (Å²) in [6.07, 6.45) is 1.19. The second-order valence-electron chi connectivity index (χ2n) is 7.55. The SMILES string of the molecule is O=C(NC[C@]1(O)CCOC1)c1ccc(NS(=O)(=O)c2ccc3c(c2)OCCCO3)cc1. The van der Waals surface area contributed by atoms with Gasteiger partial charge in [-0.1, -0.05) is 0 Å². The van der Waals surface area contributed by atoms with Crippen LogP contribution in [-0.2, 0) is 14.8 Å². The van der Waals surface area contributed by atoms with Crippen LogP contribution in [0.5, 0.6) is 11.5 Å². The molecule has 4 rings (SSSR count). The summed E-state index contributed by atoms with van der Waals surface area (Å²) >= 11 is 0. The zero-order valence-corrected chi connectivity index (χ0v) is 17.6. The summed E-state index contributed by atoms with van der Waals surface area (Å²) < 4.78 is 44.2. The highest BCUT2D eigenvalue weighted by Gasteiger charge is 2.32. The minimum Gasteiger partial charge on any atom is -0.490 e. The molecule has 3 N–H and O–H groups in total. The lowest BCUT2D eigenvalue weighted by atomic mass is 10.0. The number of carbonyl (C=O) groups is 1. The molecule has 2 aromatic carbocycles. The second-order valence-corrected chi connectivity index (χ2v) is 9.23. The van der Waals surface area contributed by atoms with Crippen molar-refractivity contribution in [2.45, 2.75) is 23.3 Å². The topological polar surface area (TPSA) is 123 Å². The average molecular weight is 448 g/mol. The van der Waals surface area contributed by atoms with Crippen LogP contribution in [0.15, 0.2) is 47.4 Å². The molecule has 2 aromatic rings. The number of hydrogen-bond donors (Lipinski definition) is 3. The summed E-state index contributed by atoms with van der Waals surface area (Å²) in [5, 5.41) is 12.9. The molecule has 2 aliphatic heterocycles. The molecule has 0 radical (unpaired) electrons. The first-order chi connectivity index (χ1) is 14.8. The Morgan fingerprint density at radius 2 is 1.77 bits per heavy atom. The van der Waals surface area contributed by atoms with Gasteiger partial charge in [-0.05, 0) is 36.4 Å². The second kappa shape index (κ2) is 8.74. The van der Waals surface area contributed by atoms with Crippen molar-refractivity contribution in [1.29, 1.82) is 0 Å². The largest absolute Gasteiger partial charge is 0.490 e. The average Bonchev–Trinajstić information content (AvgIpc) is 3.05. The summed E-state index contributed by atoms with van der Waals surface area (Å²) in [6, 6.07) is 10.5.